The van der Waals surface area contributed by atoms with Gasteiger partial charge in [0, 0.05) is 0 Å². The third-order valence-corrected chi connectivity index (χ3v) is 4.38. The number of nitriles is 1. The Labute approximate surface area is 106 Å². The standard InChI is InChI=1S/C15H27NO/c1-12(2)13-5-7-15(11-16,8-6-13)10-9-14(3,4)17/h12-13,17H,5-10H2,1-4H3. The van der Waals surface area contributed by atoms with Crippen molar-refractivity contribution in [1.82, 2.24) is 0 Å². The molecule has 0 aliphatic heterocycles. The summed E-state index contributed by atoms with van der Waals surface area (Å²) in [4.78, 5) is 0. The van der Waals surface area contributed by atoms with Gasteiger partial charge in [0.25, 0.3) is 0 Å². The molecule has 1 saturated carbocycles. The van der Waals surface area contributed by atoms with Crippen LogP contribution in [0.1, 0.15) is 66.2 Å². The Balaban J connectivity index is 2.53. The summed E-state index contributed by atoms with van der Waals surface area (Å²) in [7, 11) is 0. The fourth-order valence-corrected chi connectivity index (χ4v) is 2.82. The van der Waals surface area contributed by atoms with Crippen molar-refractivity contribution in [2.75, 3.05) is 0 Å². The van der Waals surface area contributed by atoms with Crippen LogP contribution in [0, 0.1) is 28.6 Å². The molecule has 2 heteroatoms. The molecular weight excluding hydrogens is 210 g/mol. The summed E-state index contributed by atoms with van der Waals surface area (Å²) in [6.07, 6.45) is 5.96. The van der Waals surface area contributed by atoms with Crippen LogP contribution >= 0.6 is 0 Å². The summed E-state index contributed by atoms with van der Waals surface area (Å²) in [6.45, 7) is 8.22. The fourth-order valence-electron chi connectivity index (χ4n) is 2.82. The maximum absolute atomic E-state index is 9.79. The lowest BCUT2D eigenvalue weighted by atomic mass is 9.66. The average molecular weight is 237 g/mol. The maximum atomic E-state index is 9.79. The van der Waals surface area contributed by atoms with E-state index in [1.54, 1.807) is 0 Å². The van der Waals surface area contributed by atoms with Gasteiger partial charge in [-0.25, -0.2) is 0 Å². The molecule has 0 spiro atoms. The molecule has 1 rings (SSSR count). The van der Waals surface area contributed by atoms with E-state index in [2.05, 4.69) is 19.9 Å². The zero-order valence-corrected chi connectivity index (χ0v) is 11.8. The molecule has 1 aliphatic rings. The molecule has 0 bridgehead atoms. The van der Waals surface area contributed by atoms with Crippen molar-refractivity contribution >= 4 is 0 Å². The predicted octanol–water partition coefficient (Wildman–Crippen LogP) is 3.89. The molecule has 0 aromatic rings. The SMILES string of the molecule is CC(C)C1CCC(C#N)(CCC(C)(C)O)CC1. The highest BCUT2D eigenvalue weighted by atomic mass is 16.3. The van der Waals surface area contributed by atoms with E-state index >= 15 is 0 Å². The van der Waals surface area contributed by atoms with E-state index in [1.807, 2.05) is 13.8 Å². The molecule has 1 fully saturated rings. The molecule has 1 aliphatic carbocycles. The van der Waals surface area contributed by atoms with Gasteiger partial charge in [0.2, 0.25) is 0 Å². The van der Waals surface area contributed by atoms with Crippen molar-refractivity contribution in [1.29, 1.82) is 5.26 Å². The molecule has 0 heterocycles. The van der Waals surface area contributed by atoms with Crippen LogP contribution in [0.5, 0.6) is 0 Å². The summed E-state index contributed by atoms with van der Waals surface area (Å²) in [5.74, 6) is 1.53. The van der Waals surface area contributed by atoms with Crippen LogP contribution in [0.4, 0.5) is 0 Å². The molecule has 0 atom stereocenters. The Morgan fingerprint density at radius 2 is 1.88 bits per heavy atom. The fraction of sp³-hybridized carbons (Fsp3) is 0.933. The Hall–Kier alpha value is -0.550. The lowest BCUT2D eigenvalue weighted by Gasteiger charge is -2.37. The van der Waals surface area contributed by atoms with Crippen LogP contribution < -0.4 is 0 Å². The number of rotatable bonds is 4. The van der Waals surface area contributed by atoms with Crippen molar-refractivity contribution in [3.8, 4) is 6.07 Å². The lowest BCUT2D eigenvalue weighted by Crippen LogP contribution is -2.31. The van der Waals surface area contributed by atoms with Crippen LogP contribution in [0.3, 0.4) is 0 Å². The summed E-state index contributed by atoms with van der Waals surface area (Å²) >= 11 is 0. The van der Waals surface area contributed by atoms with E-state index in [1.165, 1.54) is 12.8 Å². The van der Waals surface area contributed by atoms with Gasteiger partial charge < -0.3 is 5.11 Å². The maximum Gasteiger partial charge on any atom is 0.0689 e. The summed E-state index contributed by atoms with van der Waals surface area (Å²) in [5.41, 5.74) is -0.801. The van der Waals surface area contributed by atoms with Crippen molar-refractivity contribution < 1.29 is 5.11 Å². The normalized spacial score (nSPS) is 30.3. The van der Waals surface area contributed by atoms with Crippen LogP contribution in [-0.2, 0) is 0 Å². The minimum absolute atomic E-state index is 0.161. The van der Waals surface area contributed by atoms with E-state index in [-0.39, 0.29) is 5.41 Å². The van der Waals surface area contributed by atoms with Crippen molar-refractivity contribution in [2.24, 2.45) is 17.3 Å². The highest BCUT2D eigenvalue weighted by Gasteiger charge is 2.37. The van der Waals surface area contributed by atoms with E-state index in [4.69, 9.17) is 0 Å². The Morgan fingerprint density at radius 1 is 1.35 bits per heavy atom. The summed E-state index contributed by atoms with van der Waals surface area (Å²) in [5, 5.41) is 19.2. The van der Waals surface area contributed by atoms with Gasteiger partial charge in [-0.3, -0.25) is 0 Å². The Kier molecular flexibility index (Phi) is 4.61. The molecule has 0 aromatic carbocycles. The second kappa shape index (κ2) is 5.40. The van der Waals surface area contributed by atoms with Crippen molar-refractivity contribution in [3.63, 3.8) is 0 Å². The molecule has 0 aromatic heterocycles. The topological polar surface area (TPSA) is 44.0 Å². The van der Waals surface area contributed by atoms with Gasteiger partial charge in [0.1, 0.15) is 0 Å². The van der Waals surface area contributed by atoms with E-state index < -0.39 is 5.60 Å². The van der Waals surface area contributed by atoms with E-state index in [9.17, 15) is 10.4 Å². The summed E-state index contributed by atoms with van der Waals surface area (Å²) in [6, 6.07) is 2.54. The number of aliphatic hydroxyl groups is 1. The third kappa shape index (κ3) is 4.32. The second-order valence-corrected chi connectivity index (χ2v) is 6.79. The lowest BCUT2D eigenvalue weighted by molar-refractivity contribution is 0.0495. The van der Waals surface area contributed by atoms with E-state index in [0.29, 0.717) is 0 Å². The van der Waals surface area contributed by atoms with Gasteiger partial charge >= 0.3 is 0 Å². The smallest absolute Gasteiger partial charge is 0.0689 e. The monoisotopic (exact) mass is 237 g/mol. The Morgan fingerprint density at radius 3 is 2.24 bits per heavy atom. The minimum Gasteiger partial charge on any atom is -0.390 e. The third-order valence-electron chi connectivity index (χ3n) is 4.38. The molecule has 98 valence electrons. The quantitative estimate of drug-likeness (QED) is 0.806. The molecule has 17 heavy (non-hydrogen) atoms. The average Bonchev–Trinajstić information content (AvgIpc) is 2.26. The van der Waals surface area contributed by atoms with Crippen molar-refractivity contribution in [3.05, 3.63) is 0 Å². The number of nitrogens with zero attached hydrogens (tertiary/aromatic N) is 1. The van der Waals surface area contributed by atoms with Crippen LogP contribution in [0.2, 0.25) is 0 Å². The first kappa shape index (κ1) is 14.5. The molecule has 1 N–H and O–H groups in total. The van der Waals surface area contributed by atoms with Gasteiger partial charge in [0.15, 0.2) is 0 Å². The van der Waals surface area contributed by atoms with E-state index in [0.717, 1.165) is 37.5 Å². The minimum atomic E-state index is -0.640. The molecule has 2 nitrogen and oxygen atoms in total. The Bertz CT molecular complexity index is 274. The largest absolute Gasteiger partial charge is 0.390 e. The van der Waals surface area contributed by atoms with Crippen LogP contribution in [0.25, 0.3) is 0 Å². The number of hydrogen-bond donors (Lipinski definition) is 1. The highest BCUT2D eigenvalue weighted by Crippen LogP contribution is 2.44. The highest BCUT2D eigenvalue weighted by molar-refractivity contribution is 5.02. The van der Waals surface area contributed by atoms with Gasteiger partial charge in [-0.2, -0.15) is 5.26 Å². The van der Waals surface area contributed by atoms with Crippen LogP contribution in [0.15, 0.2) is 0 Å². The first-order valence-electron chi connectivity index (χ1n) is 6.92. The first-order valence-corrected chi connectivity index (χ1v) is 6.92. The predicted molar refractivity (Wildman–Crippen MR) is 70.4 cm³/mol. The summed E-state index contributed by atoms with van der Waals surface area (Å²) < 4.78 is 0. The van der Waals surface area contributed by atoms with Gasteiger partial charge in [0.05, 0.1) is 17.1 Å². The van der Waals surface area contributed by atoms with Gasteiger partial charge in [-0.1, -0.05) is 13.8 Å². The molecular formula is C15H27NO. The van der Waals surface area contributed by atoms with Crippen LogP contribution in [-0.4, -0.2) is 10.7 Å². The second-order valence-electron chi connectivity index (χ2n) is 6.79. The van der Waals surface area contributed by atoms with Crippen molar-refractivity contribution in [2.45, 2.75) is 71.8 Å². The first-order chi connectivity index (χ1) is 7.78. The van der Waals surface area contributed by atoms with Gasteiger partial charge in [-0.15, -0.1) is 0 Å². The molecule has 0 radical (unpaired) electrons. The zero-order chi connectivity index (χ0) is 13.1. The molecule has 0 amide bonds. The molecule has 0 unspecified atom stereocenters. The number of hydrogen-bond acceptors (Lipinski definition) is 2. The zero-order valence-electron chi connectivity index (χ0n) is 11.8. The molecule has 0 saturated heterocycles. The van der Waals surface area contributed by atoms with Gasteiger partial charge in [-0.05, 0) is 64.2 Å².